The summed E-state index contributed by atoms with van der Waals surface area (Å²) >= 11 is 0. The van der Waals surface area contributed by atoms with Crippen LogP contribution >= 0.6 is 0 Å². The van der Waals surface area contributed by atoms with Gasteiger partial charge in [0.05, 0.1) is 0 Å². The van der Waals surface area contributed by atoms with E-state index >= 15 is 0 Å². The molecule has 26 heavy (non-hydrogen) atoms. The molecule has 1 amide bonds. The minimum absolute atomic E-state index is 0.0287. The Morgan fingerprint density at radius 2 is 2.00 bits per heavy atom. The second-order valence-corrected chi connectivity index (χ2v) is 7.92. The molecule has 1 N–H and O–H groups in total. The number of carbonyl (C=O) groups excluding carboxylic acids is 1. The number of hydrogen-bond acceptors (Lipinski definition) is 4. The van der Waals surface area contributed by atoms with Gasteiger partial charge in [0.2, 0.25) is 0 Å². The third-order valence-electron chi connectivity index (χ3n) is 5.79. The molecule has 4 heterocycles. The molecule has 0 spiro atoms. The average Bonchev–Trinajstić information content (AvgIpc) is 3.10. The van der Waals surface area contributed by atoms with Gasteiger partial charge < -0.3 is 4.90 Å². The van der Waals surface area contributed by atoms with Crippen molar-refractivity contribution in [3.05, 3.63) is 47.2 Å². The number of hydrogen-bond donors (Lipinski definition) is 1. The van der Waals surface area contributed by atoms with Gasteiger partial charge in [0, 0.05) is 30.9 Å². The summed E-state index contributed by atoms with van der Waals surface area (Å²) in [5.74, 6) is 2.77. The zero-order chi connectivity index (χ0) is 18.0. The van der Waals surface area contributed by atoms with Gasteiger partial charge in [0.25, 0.3) is 5.91 Å². The summed E-state index contributed by atoms with van der Waals surface area (Å²) < 4.78 is 2.10. The number of rotatable bonds is 3. The largest absolute Gasteiger partial charge is 0.337 e. The molecule has 0 aromatic carbocycles. The monoisotopic (exact) mass is 350 g/mol. The summed E-state index contributed by atoms with van der Waals surface area (Å²) in [5.41, 5.74) is 3.61. The highest BCUT2D eigenvalue weighted by atomic mass is 16.2. The van der Waals surface area contributed by atoms with Crippen LogP contribution in [0.3, 0.4) is 0 Å². The van der Waals surface area contributed by atoms with Crippen LogP contribution in [-0.4, -0.2) is 48.7 Å². The predicted molar refractivity (Wildman–Crippen MR) is 96.0 cm³/mol. The van der Waals surface area contributed by atoms with Gasteiger partial charge in [0.1, 0.15) is 11.5 Å². The molecular weight excluding hydrogens is 328 g/mol. The molecule has 2 aliphatic rings. The molecule has 1 saturated heterocycles. The van der Waals surface area contributed by atoms with Crippen LogP contribution in [0.15, 0.2) is 24.4 Å². The van der Waals surface area contributed by atoms with E-state index in [1.807, 2.05) is 17.0 Å². The summed E-state index contributed by atoms with van der Waals surface area (Å²) in [7, 11) is 0. The molecule has 7 nitrogen and oxygen atoms in total. The first-order chi connectivity index (χ1) is 12.5. The Bertz CT molecular complexity index is 991. The molecule has 2 atom stereocenters. The maximum atomic E-state index is 12.7. The molecule has 134 valence electrons. The molecule has 7 heteroatoms. The van der Waals surface area contributed by atoms with E-state index in [-0.39, 0.29) is 5.91 Å². The quantitative estimate of drug-likeness (QED) is 0.786. The number of carbonyl (C=O) groups is 1. The Labute approximate surface area is 151 Å². The SMILES string of the molecule is Cc1ccc2nnc(C3C4CN(C(=O)c5cc(C(C)C)[nH]n5)CC43)n2c1. The molecule has 1 saturated carbocycles. The van der Waals surface area contributed by atoms with Crippen LogP contribution in [0.1, 0.15) is 53.3 Å². The number of fused-ring (bicyclic) bond motifs is 2. The predicted octanol–water partition coefficient (Wildman–Crippen LogP) is 2.37. The topological polar surface area (TPSA) is 79.2 Å². The zero-order valence-electron chi connectivity index (χ0n) is 15.2. The average molecular weight is 350 g/mol. The molecule has 0 radical (unpaired) electrons. The van der Waals surface area contributed by atoms with Crippen molar-refractivity contribution in [2.24, 2.45) is 11.8 Å². The summed E-state index contributed by atoms with van der Waals surface area (Å²) in [5, 5.41) is 15.9. The number of nitrogens with zero attached hydrogens (tertiary/aromatic N) is 5. The lowest BCUT2D eigenvalue weighted by Gasteiger charge is -2.18. The minimum Gasteiger partial charge on any atom is -0.337 e. The Balaban J connectivity index is 1.32. The lowest BCUT2D eigenvalue weighted by Crippen LogP contribution is -2.31. The van der Waals surface area contributed by atoms with Crippen LogP contribution < -0.4 is 0 Å². The number of H-pyrrole nitrogens is 1. The number of amides is 1. The van der Waals surface area contributed by atoms with Crippen molar-refractivity contribution in [2.75, 3.05) is 13.1 Å². The van der Waals surface area contributed by atoms with E-state index in [9.17, 15) is 4.79 Å². The number of likely N-dealkylation sites (tertiary alicyclic amines) is 1. The van der Waals surface area contributed by atoms with Crippen LogP contribution in [-0.2, 0) is 0 Å². The van der Waals surface area contributed by atoms with Crippen LogP contribution in [0, 0.1) is 18.8 Å². The molecule has 5 rings (SSSR count). The van der Waals surface area contributed by atoms with Crippen molar-refractivity contribution in [1.82, 2.24) is 29.7 Å². The number of aromatic amines is 1. The molecule has 1 aliphatic carbocycles. The van der Waals surface area contributed by atoms with Crippen molar-refractivity contribution in [1.29, 1.82) is 0 Å². The standard InChI is InChI=1S/C19H22N6O/c1-10(2)14-6-15(21-20-14)19(26)24-8-12-13(9-24)17(12)18-23-22-16-5-4-11(3)7-25(16)18/h4-7,10,12-13,17H,8-9H2,1-3H3,(H,20,21). The molecule has 2 fully saturated rings. The van der Waals surface area contributed by atoms with Gasteiger partial charge in [-0.1, -0.05) is 19.9 Å². The van der Waals surface area contributed by atoms with Crippen LogP contribution in [0.25, 0.3) is 5.65 Å². The van der Waals surface area contributed by atoms with E-state index in [2.05, 4.69) is 57.8 Å². The summed E-state index contributed by atoms with van der Waals surface area (Å²) in [6.45, 7) is 7.80. The van der Waals surface area contributed by atoms with Gasteiger partial charge in [-0.3, -0.25) is 14.3 Å². The van der Waals surface area contributed by atoms with Crippen molar-refractivity contribution >= 4 is 11.6 Å². The van der Waals surface area contributed by atoms with Gasteiger partial charge in [0.15, 0.2) is 5.65 Å². The van der Waals surface area contributed by atoms with Crippen molar-refractivity contribution in [3.8, 4) is 0 Å². The van der Waals surface area contributed by atoms with Crippen molar-refractivity contribution < 1.29 is 4.79 Å². The smallest absolute Gasteiger partial charge is 0.274 e. The van der Waals surface area contributed by atoms with E-state index in [4.69, 9.17) is 0 Å². The maximum absolute atomic E-state index is 12.7. The summed E-state index contributed by atoms with van der Waals surface area (Å²) in [4.78, 5) is 14.6. The summed E-state index contributed by atoms with van der Waals surface area (Å²) in [6, 6.07) is 5.93. The Morgan fingerprint density at radius 3 is 2.69 bits per heavy atom. The lowest BCUT2D eigenvalue weighted by molar-refractivity contribution is 0.0766. The second-order valence-electron chi connectivity index (χ2n) is 7.92. The molecule has 0 bridgehead atoms. The van der Waals surface area contributed by atoms with Gasteiger partial charge in [-0.05, 0) is 42.4 Å². The fourth-order valence-electron chi connectivity index (χ4n) is 4.22. The van der Waals surface area contributed by atoms with Crippen LogP contribution in [0.5, 0.6) is 0 Å². The molecule has 2 unspecified atom stereocenters. The first kappa shape index (κ1) is 15.5. The van der Waals surface area contributed by atoms with Crippen LogP contribution in [0.2, 0.25) is 0 Å². The number of piperidine rings is 1. The number of aromatic nitrogens is 5. The summed E-state index contributed by atoms with van der Waals surface area (Å²) in [6.07, 6.45) is 2.10. The normalized spacial score (nSPS) is 24.5. The molecule has 1 aliphatic heterocycles. The number of pyridine rings is 1. The lowest BCUT2D eigenvalue weighted by atomic mass is 10.1. The fraction of sp³-hybridized carbons (Fsp3) is 0.474. The third-order valence-corrected chi connectivity index (χ3v) is 5.79. The second kappa shape index (κ2) is 5.40. The van der Waals surface area contributed by atoms with E-state index in [0.29, 0.717) is 29.4 Å². The Kier molecular flexibility index (Phi) is 3.23. The van der Waals surface area contributed by atoms with Crippen molar-refractivity contribution in [3.63, 3.8) is 0 Å². The first-order valence-electron chi connectivity index (χ1n) is 9.19. The highest BCUT2D eigenvalue weighted by Gasteiger charge is 2.59. The maximum Gasteiger partial charge on any atom is 0.274 e. The number of aryl methyl sites for hydroxylation is 1. The minimum atomic E-state index is 0.0287. The molecule has 3 aromatic rings. The zero-order valence-corrected chi connectivity index (χ0v) is 15.2. The third kappa shape index (κ3) is 2.26. The van der Waals surface area contributed by atoms with E-state index in [1.165, 1.54) is 5.56 Å². The molecular formula is C19H22N6O. The van der Waals surface area contributed by atoms with Gasteiger partial charge in [-0.25, -0.2) is 0 Å². The van der Waals surface area contributed by atoms with Gasteiger partial charge in [-0.2, -0.15) is 5.10 Å². The van der Waals surface area contributed by atoms with Crippen molar-refractivity contribution in [2.45, 2.75) is 32.6 Å². The van der Waals surface area contributed by atoms with E-state index < -0.39 is 0 Å². The van der Waals surface area contributed by atoms with Gasteiger partial charge in [-0.15, -0.1) is 10.2 Å². The van der Waals surface area contributed by atoms with Gasteiger partial charge >= 0.3 is 0 Å². The highest BCUT2D eigenvalue weighted by molar-refractivity contribution is 5.92. The van der Waals surface area contributed by atoms with Crippen LogP contribution in [0.4, 0.5) is 0 Å². The first-order valence-corrected chi connectivity index (χ1v) is 9.19. The number of nitrogens with one attached hydrogen (secondary N) is 1. The Hall–Kier alpha value is -2.70. The molecule has 3 aromatic heterocycles. The Morgan fingerprint density at radius 1 is 1.23 bits per heavy atom. The highest BCUT2D eigenvalue weighted by Crippen LogP contribution is 2.57. The van der Waals surface area contributed by atoms with E-state index in [1.54, 1.807) is 0 Å². The fourth-order valence-corrected chi connectivity index (χ4v) is 4.22. The van der Waals surface area contributed by atoms with E-state index in [0.717, 1.165) is 30.3 Å².